The number of H-pyrrole nitrogens is 1. The molecular formula is C20H20N4. The first-order valence-corrected chi connectivity index (χ1v) is 7.83. The van der Waals surface area contributed by atoms with Gasteiger partial charge in [0.2, 0.25) is 0 Å². The number of pyridine rings is 1. The number of hydrogen-bond acceptors (Lipinski definition) is 3. The van der Waals surface area contributed by atoms with E-state index in [0.29, 0.717) is 0 Å². The summed E-state index contributed by atoms with van der Waals surface area (Å²) in [4.78, 5) is 7.22. The standard InChI is InChI=1S/C16H14N2.C4H6N2/c1-2-6-13(7-3-1)14-9-11-17-12-15(14)16-8-4-5-10-18-16;5-4-2-1-3-6-4/h1-11,17H,12H2;1-3,6H,5H2. The summed E-state index contributed by atoms with van der Waals surface area (Å²) in [5.41, 5.74) is 9.97. The van der Waals surface area contributed by atoms with Crippen LogP contribution in [-0.2, 0) is 0 Å². The van der Waals surface area contributed by atoms with Crippen LogP contribution in [0.2, 0.25) is 0 Å². The fourth-order valence-electron chi connectivity index (χ4n) is 2.50. The zero-order valence-electron chi connectivity index (χ0n) is 13.3. The smallest absolute Gasteiger partial charge is 0.100 e. The lowest BCUT2D eigenvalue weighted by molar-refractivity contribution is 0.981. The Morgan fingerprint density at radius 3 is 2.38 bits per heavy atom. The lowest BCUT2D eigenvalue weighted by Gasteiger charge is -2.17. The monoisotopic (exact) mass is 316 g/mol. The maximum Gasteiger partial charge on any atom is 0.100 e. The van der Waals surface area contributed by atoms with Crippen molar-refractivity contribution in [3.8, 4) is 0 Å². The molecule has 3 heterocycles. The predicted molar refractivity (Wildman–Crippen MR) is 99.8 cm³/mol. The molecule has 1 aliphatic rings. The van der Waals surface area contributed by atoms with E-state index in [2.05, 4.69) is 51.7 Å². The number of aromatic nitrogens is 2. The zero-order valence-corrected chi connectivity index (χ0v) is 13.3. The number of benzene rings is 1. The molecule has 0 saturated carbocycles. The van der Waals surface area contributed by atoms with Gasteiger partial charge in [0.05, 0.1) is 5.69 Å². The number of nitrogen functional groups attached to an aromatic ring is 1. The van der Waals surface area contributed by atoms with Crippen molar-refractivity contribution < 1.29 is 0 Å². The first-order chi connectivity index (χ1) is 11.8. The summed E-state index contributed by atoms with van der Waals surface area (Å²) in [6.07, 6.45) is 7.73. The molecule has 120 valence electrons. The number of hydrogen-bond donors (Lipinski definition) is 3. The topological polar surface area (TPSA) is 66.7 Å². The molecule has 0 radical (unpaired) electrons. The number of nitrogens with two attached hydrogens (primary N) is 1. The number of dihydropyridines is 1. The highest BCUT2D eigenvalue weighted by Gasteiger charge is 2.12. The van der Waals surface area contributed by atoms with Gasteiger partial charge >= 0.3 is 0 Å². The second-order valence-corrected chi connectivity index (χ2v) is 5.31. The molecule has 0 bridgehead atoms. The van der Waals surface area contributed by atoms with E-state index in [1.807, 2.05) is 36.7 Å². The van der Waals surface area contributed by atoms with Crippen LogP contribution < -0.4 is 11.1 Å². The van der Waals surface area contributed by atoms with Crippen molar-refractivity contribution in [1.82, 2.24) is 15.3 Å². The molecule has 0 saturated heterocycles. The molecule has 0 atom stereocenters. The van der Waals surface area contributed by atoms with E-state index >= 15 is 0 Å². The summed E-state index contributed by atoms with van der Waals surface area (Å²) in [6.45, 7) is 0.817. The third-order valence-electron chi connectivity index (χ3n) is 3.65. The maximum absolute atomic E-state index is 5.22. The van der Waals surface area contributed by atoms with Crippen LogP contribution in [0.25, 0.3) is 11.1 Å². The number of nitrogens with one attached hydrogen (secondary N) is 2. The van der Waals surface area contributed by atoms with Gasteiger partial charge in [-0.05, 0) is 47.7 Å². The molecule has 0 fully saturated rings. The van der Waals surface area contributed by atoms with Gasteiger partial charge in [0.1, 0.15) is 5.82 Å². The highest BCUT2D eigenvalue weighted by Crippen LogP contribution is 2.27. The molecule has 1 aliphatic heterocycles. The minimum absolute atomic E-state index is 0.718. The number of aromatic amines is 1. The molecular weight excluding hydrogens is 296 g/mol. The summed E-state index contributed by atoms with van der Waals surface area (Å²) in [5, 5.41) is 3.25. The van der Waals surface area contributed by atoms with Crippen LogP contribution in [0.1, 0.15) is 11.3 Å². The van der Waals surface area contributed by atoms with Crippen LogP contribution in [0.5, 0.6) is 0 Å². The number of rotatable bonds is 2. The molecule has 4 heteroatoms. The van der Waals surface area contributed by atoms with Gasteiger partial charge in [-0.15, -0.1) is 0 Å². The minimum atomic E-state index is 0.718. The van der Waals surface area contributed by atoms with Gasteiger partial charge in [-0.1, -0.05) is 36.4 Å². The Morgan fingerprint density at radius 2 is 1.75 bits per heavy atom. The zero-order chi connectivity index (χ0) is 16.6. The second-order valence-electron chi connectivity index (χ2n) is 5.31. The highest BCUT2D eigenvalue weighted by molar-refractivity contribution is 5.96. The Hall–Kier alpha value is -3.27. The van der Waals surface area contributed by atoms with Crippen molar-refractivity contribution in [2.45, 2.75) is 0 Å². The predicted octanol–water partition coefficient (Wildman–Crippen LogP) is 3.71. The fourth-order valence-corrected chi connectivity index (χ4v) is 2.50. The van der Waals surface area contributed by atoms with Gasteiger partial charge in [0, 0.05) is 24.5 Å². The van der Waals surface area contributed by atoms with Crippen molar-refractivity contribution in [2.24, 2.45) is 0 Å². The first kappa shape index (κ1) is 15.6. The summed E-state index contributed by atoms with van der Waals surface area (Å²) < 4.78 is 0. The van der Waals surface area contributed by atoms with Gasteiger partial charge in [0.15, 0.2) is 0 Å². The Morgan fingerprint density at radius 1 is 0.917 bits per heavy atom. The number of nitrogens with zero attached hydrogens (tertiary/aromatic N) is 1. The van der Waals surface area contributed by atoms with Gasteiger partial charge in [-0.2, -0.15) is 0 Å². The highest BCUT2D eigenvalue weighted by atomic mass is 14.8. The molecule has 24 heavy (non-hydrogen) atoms. The Bertz CT molecular complexity index is 803. The van der Waals surface area contributed by atoms with Crippen LogP contribution >= 0.6 is 0 Å². The van der Waals surface area contributed by atoms with Gasteiger partial charge in [0.25, 0.3) is 0 Å². The molecule has 4 rings (SSSR count). The van der Waals surface area contributed by atoms with Crippen LogP contribution in [0.15, 0.2) is 85.3 Å². The van der Waals surface area contributed by atoms with Crippen molar-refractivity contribution in [2.75, 3.05) is 12.3 Å². The first-order valence-electron chi connectivity index (χ1n) is 7.83. The lowest BCUT2D eigenvalue weighted by atomic mass is 9.95. The summed E-state index contributed by atoms with van der Waals surface area (Å²) in [7, 11) is 0. The Labute approximate surface area is 141 Å². The molecule has 0 amide bonds. The molecule has 4 N–H and O–H groups in total. The quantitative estimate of drug-likeness (QED) is 0.675. The van der Waals surface area contributed by atoms with E-state index in [0.717, 1.165) is 18.1 Å². The number of anilines is 1. The second kappa shape index (κ2) is 7.83. The number of allylic oxidation sites excluding steroid dienone is 2. The lowest BCUT2D eigenvalue weighted by Crippen LogP contribution is -2.15. The van der Waals surface area contributed by atoms with Gasteiger partial charge in [-0.3, -0.25) is 4.98 Å². The molecule has 3 aromatic rings. The molecule has 0 unspecified atom stereocenters. The largest absolute Gasteiger partial charge is 0.387 e. The van der Waals surface area contributed by atoms with E-state index in [9.17, 15) is 0 Å². The molecule has 2 aromatic heterocycles. The summed E-state index contributed by atoms with van der Waals surface area (Å²) in [6, 6.07) is 20.1. The normalized spacial score (nSPS) is 13.0. The Kier molecular flexibility index (Phi) is 5.10. The van der Waals surface area contributed by atoms with Crippen LogP contribution in [-0.4, -0.2) is 16.5 Å². The molecule has 1 aromatic carbocycles. The van der Waals surface area contributed by atoms with Crippen molar-refractivity contribution in [3.05, 3.63) is 96.6 Å². The third kappa shape index (κ3) is 3.93. The van der Waals surface area contributed by atoms with Crippen LogP contribution in [0, 0.1) is 0 Å². The van der Waals surface area contributed by atoms with Gasteiger partial charge < -0.3 is 16.0 Å². The molecule has 0 spiro atoms. The summed E-state index contributed by atoms with van der Waals surface area (Å²) in [5.74, 6) is 0.718. The van der Waals surface area contributed by atoms with E-state index in [-0.39, 0.29) is 0 Å². The third-order valence-corrected chi connectivity index (χ3v) is 3.65. The van der Waals surface area contributed by atoms with Crippen molar-refractivity contribution >= 4 is 17.0 Å². The average molecular weight is 316 g/mol. The van der Waals surface area contributed by atoms with E-state index in [1.54, 1.807) is 12.3 Å². The van der Waals surface area contributed by atoms with Gasteiger partial charge in [-0.25, -0.2) is 0 Å². The van der Waals surface area contributed by atoms with Crippen molar-refractivity contribution in [1.29, 1.82) is 0 Å². The average Bonchev–Trinajstić information content (AvgIpc) is 3.15. The molecule has 0 aliphatic carbocycles. The van der Waals surface area contributed by atoms with E-state index < -0.39 is 0 Å². The minimum Gasteiger partial charge on any atom is -0.387 e. The SMILES string of the molecule is C1=CC(c2ccccc2)=C(c2ccccn2)CN1.Nc1ccc[nH]1. The van der Waals surface area contributed by atoms with Crippen LogP contribution in [0.4, 0.5) is 5.82 Å². The molecule has 4 nitrogen and oxygen atoms in total. The Balaban J connectivity index is 0.000000238. The summed E-state index contributed by atoms with van der Waals surface area (Å²) >= 11 is 0. The fraction of sp³-hybridized carbons (Fsp3) is 0.0500. The maximum atomic E-state index is 5.22. The van der Waals surface area contributed by atoms with E-state index in [1.165, 1.54) is 16.7 Å². The van der Waals surface area contributed by atoms with E-state index in [4.69, 9.17) is 5.73 Å². The van der Waals surface area contributed by atoms with Crippen molar-refractivity contribution in [3.63, 3.8) is 0 Å². The van der Waals surface area contributed by atoms with Crippen LogP contribution in [0.3, 0.4) is 0 Å².